The number of hydrogen-bond acceptors (Lipinski definition) is 6. The third kappa shape index (κ3) is 3.77. The minimum atomic E-state index is -0.527. The molecule has 8 heteroatoms. The number of fused-ring (bicyclic) bond motifs is 1. The number of nitrogens with zero attached hydrogens (tertiary/aromatic N) is 2. The second kappa shape index (κ2) is 7.85. The fraction of sp³-hybridized carbons (Fsp3) is 0.350. The number of H-pyrrole nitrogens is 1. The van der Waals surface area contributed by atoms with Crippen molar-refractivity contribution in [1.82, 2.24) is 20.3 Å². The molecule has 0 spiro atoms. The summed E-state index contributed by atoms with van der Waals surface area (Å²) in [4.78, 5) is 24.0. The van der Waals surface area contributed by atoms with Gasteiger partial charge in [-0.1, -0.05) is 12.8 Å². The van der Waals surface area contributed by atoms with Gasteiger partial charge in [-0.3, -0.25) is 9.78 Å². The maximum Gasteiger partial charge on any atom is 0.252 e. The number of pyridine rings is 2. The summed E-state index contributed by atoms with van der Waals surface area (Å²) in [6, 6.07) is 8.04. The van der Waals surface area contributed by atoms with Crippen molar-refractivity contribution in [3.63, 3.8) is 0 Å². The molecule has 1 aliphatic carbocycles. The number of amides is 1. The summed E-state index contributed by atoms with van der Waals surface area (Å²) >= 11 is 0. The SMILES string of the molecule is CN[C@H]1CCCCC1Nc1ccc(C(N)=O)c(Nc2cnc3cc[nH]c3c2)n1. The Bertz CT molecular complexity index is 984. The van der Waals surface area contributed by atoms with E-state index in [1.54, 1.807) is 18.3 Å². The highest BCUT2D eigenvalue weighted by atomic mass is 16.1. The van der Waals surface area contributed by atoms with E-state index in [9.17, 15) is 4.79 Å². The molecule has 3 aromatic heterocycles. The molecule has 1 unspecified atom stereocenters. The summed E-state index contributed by atoms with van der Waals surface area (Å²) in [7, 11) is 1.99. The number of likely N-dealkylation sites (N-methyl/N-ethyl adjacent to an activating group) is 1. The van der Waals surface area contributed by atoms with Gasteiger partial charge in [0.25, 0.3) is 5.91 Å². The average molecular weight is 379 g/mol. The number of carbonyl (C=O) groups is 1. The molecule has 3 aromatic rings. The predicted octanol–water partition coefficient (Wildman–Crippen LogP) is 2.74. The second-order valence-corrected chi connectivity index (χ2v) is 7.15. The van der Waals surface area contributed by atoms with Gasteiger partial charge in [-0.25, -0.2) is 4.98 Å². The average Bonchev–Trinajstić information content (AvgIpc) is 3.16. The number of hydrogen-bond donors (Lipinski definition) is 5. The van der Waals surface area contributed by atoms with E-state index in [0.717, 1.165) is 29.6 Å². The molecular weight excluding hydrogens is 354 g/mol. The summed E-state index contributed by atoms with van der Waals surface area (Å²) in [6.45, 7) is 0. The molecule has 6 N–H and O–H groups in total. The lowest BCUT2D eigenvalue weighted by Gasteiger charge is -2.32. The molecule has 146 valence electrons. The van der Waals surface area contributed by atoms with Crippen LogP contribution in [0.25, 0.3) is 11.0 Å². The van der Waals surface area contributed by atoms with Gasteiger partial charge in [-0.15, -0.1) is 0 Å². The molecule has 0 bridgehead atoms. The Hall–Kier alpha value is -3.13. The van der Waals surface area contributed by atoms with Gasteiger partial charge in [0.1, 0.15) is 11.6 Å². The van der Waals surface area contributed by atoms with Crippen molar-refractivity contribution in [2.75, 3.05) is 17.7 Å². The second-order valence-electron chi connectivity index (χ2n) is 7.15. The van der Waals surface area contributed by atoms with E-state index in [-0.39, 0.29) is 0 Å². The largest absolute Gasteiger partial charge is 0.366 e. The van der Waals surface area contributed by atoms with Crippen LogP contribution in [0, 0.1) is 0 Å². The molecule has 1 saturated carbocycles. The molecule has 1 amide bonds. The van der Waals surface area contributed by atoms with Crippen LogP contribution in [0.5, 0.6) is 0 Å². The smallest absolute Gasteiger partial charge is 0.252 e. The van der Waals surface area contributed by atoms with Gasteiger partial charge in [-0.2, -0.15) is 0 Å². The van der Waals surface area contributed by atoms with Crippen LogP contribution in [-0.4, -0.2) is 40.0 Å². The molecule has 28 heavy (non-hydrogen) atoms. The van der Waals surface area contributed by atoms with E-state index < -0.39 is 5.91 Å². The zero-order valence-electron chi connectivity index (χ0n) is 15.8. The van der Waals surface area contributed by atoms with Gasteiger partial charge >= 0.3 is 0 Å². The standard InChI is InChI=1S/C20H25N7O/c1-22-14-4-2-3-5-16(14)26-18-7-6-13(19(21)28)20(27-18)25-12-10-17-15(24-11-12)8-9-23-17/h6-11,14,16,22-23H,2-5H2,1H3,(H2,21,28)(H2,25,26,27)/t14-,16?/m0/s1. The van der Waals surface area contributed by atoms with Crippen molar-refractivity contribution in [2.45, 2.75) is 37.8 Å². The van der Waals surface area contributed by atoms with Crippen molar-refractivity contribution >= 4 is 34.3 Å². The van der Waals surface area contributed by atoms with Crippen molar-refractivity contribution in [2.24, 2.45) is 5.73 Å². The molecule has 1 fully saturated rings. The lowest BCUT2D eigenvalue weighted by molar-refractivity contribution is 0.100. The van der Waals surface area contributed by atoms with E-state index >= 15 is 0 Å². The summed E-state index contributed by atoms with van der Waals surface area (Å²) in [5.74, 6) is 0.608. The maximum atomic E-state index is 11.9. The van der Waals surface area contributed by atoms with E-state index in [2.05, 4.69) is 30.9 Å². The van der Waals surface area contributed by atoms with Gasteiger partial charge in [0.05, 0.1) is 28.5 Å². The molecule has 8 nitrogen and oxygen atoms in total. The molecule has 0 radical (unpaired) electrons. The number of anilines is 3. The molecule has 1 aliphatic rings. The normalized spacial score (nSPS) is 19.5. The van der Waals surface area contributed by atoms with E-state index in [1.807, 2.05) is 25.4 Å². The molecule has 0 aromatic carbocycles. The zero-order chi connectivity index (χ0) is 19.5. The summed E-state index contributed by atoms with van der Waals surface area (Å²) < 4.78 is 0. The molecule has 2 atom stereocenters. The third-order valence-electron chi connectivity index (χ3n) is 5.29. The first-order valence-corrected chi connectivity index (χ1v) is 9.59. The quantitative estimate of drug-likeness (QED) is 0.449. The minimum absolute atomic E-state index is 0.301. The van der Waals surface area contributed by atoms with E-state index in [4.69, 9.17) is 5.73 Å². The Morgan fingerprint density at radius 3 is 2.82 bits per heavy atom. The number of nitrogens with one attached hydrogen (secondary N) is 4. The lowest BCUT2D eigenvalue weighted by atomic mass is 9.90. The third-order valence-corrected chi connectivity index (χ3v) is 5.29. The van der Waals surface area contributed by atoms with Crippen LogP contribution >= 0.6 is 0 Å². The van der Waals surface area contributed by atoms with Crippen LogP contribution in [0.1, 0.15) is 36.0 Å². The Balaban J connectivity index is 1.60. The van der Waals surface area contributed by atoms with Crippen LogP contribution in [0.3, 0.4) is 0 Å². The molecular formula is C20H25N7O. The molecule has 0 saturated heterocycles. The van der Waals surface area contributed by atoms with E-state index in [0.29, 0.717) is 29.3 Å². The number of nitrogens with two attached hydrogens (primary N) is 1. The Labute approximate surface area is 163 Å². The van der Waals surface area contributed by atoms with Crippen LogP contribution in [0.15, 0.2) is 36.7 Å². The fourth-order valence-corrected chi connectivity index (χ4v) is 3.81. The van der Waals surface area contributed by atoms with Crippen LogP contribution in [-0.2, 0) is 0 Å². The molecule has 0 aliphatic heterocycles. The number of carbonyl (C=O) groups excluding carboxylic acids is 1. The number of primary amides is 1. The Kier molecular flexibility index (Phi) is 5.12. The topological polar surface area (TPSA) is 121 Å². The highest BCUT2D eigenvalue weighted by Crippen LogP contribution is 2.25. The monoisotopic (exact) mass is 379 g/mol. The van der Waals surface area contributed by atoms with Crippen molar-refractivity contribution in [3.8, 4) is 0 Å². The zero-order valence-corrected chi connectivity index (χ0v) is 15.8. The van der Waals surface area contributed by atoms with Crippen molar-refractivity contribution in [3.05, 3.63) is 42.2 Å². The Morgan fingerprint density at radius 1 is 1.21 bits per heavy atom. The number of aromatic nitrogens is 3. The fourth-order valence-electron chi connectivity index (χ4n) is 3.81. The summed E-state index contributed by atoms with van der Waals surface area (Å²) in [5.41, 5.74) is 8.39. The van der Waals surface area contributed by atoms with Gasteiger partial charge in [0.15, 0.2) is 0 Å². The lowest BCUT2D eigenvalue weighted by Crippen LogP contribution is -2.44. The van der Waals surface area contributed by atoms with Gasteiger partial charge in [-0.05, 0) is 44.2 Å². The first-order chi connectivity index (χ1) is 13.6. The predicted molar refractivity (Wildman–Crippen MR) is 111 cm³/mol. The van der Waals surface area contributed by atoms with Crippen molar-refractivity contribution < 1.29 is 4.79 Å². The molecule has 4 rings (SSSR count). The summed E-state index contributed by atoms with van der Waals surface area (Å²) in [6.07, 6.45) is 8.20. The number of aromatic amines is 1. The van der Waals surface area contributed by atoms with Gasteiger partial charge in [0, 0.05) is 18.3 Å². The minimum Gasteiger partial charge on any atom is -0.366 e. The van der Waals surface area contributed by atoms with Gasteiger partial charge < -0.3 is 26.7 Å². The first kappa shape index (κ1) is 18.2. The van der Waals surface area contributed by atoms with Crippen LogP contribution < -0.4 is 21.7 Å². The number of rotatable bonds is 6. The van der Waals surface area contributed by atoms with E-state index in [1.165, 1.54) is 12.8 Å². The Morgan fingerprint density at radius 2 is 2.04 bits per heavy atom. The van der Waals surface area contributed by atoms with Crippen LogP contribution in [0.4, 0.5) is 17.3 Å². The highest BCUT2D eigenvalue weighted by Gasteiger charge is 2.24. The highest BCUT2D eigenvalue weighted by molar-refractivity contribution is 5.98. The van der Waals surface area contributed by atoms with Crippen LogP contribution in [0.2, 0.25) is 0 Å². The van der Waals surface area contributed by atoms with Crippen molar-refractivity contribution in [1.29, 1.82) is 0 Å². The molecule has 3 heterocycles. The summed E-state index contributed by atoms with van der Waals surface area (Å²) in [5, 5.41) is 10.1. The van der Waals surface area contributed by atoms with Gasteiger partial charge in [0.2, 0.25) is 0 Å². The first-order valence-electron chi connectivity index (χ1n) is 9.59. The maximum absolute atomic E-state index is 11.9.